The third-order valence-electron chi connectivity index (χ3n) is 12.0. The summed E-state index contributed by atoms with van der Waals surface area (Å²) >= 11 is 0. The van der Waals surface area contributed by atoms with Crippen molar-refractivity contribution in [3.8, 4) is 0 Å². The third-order valence-corrected chi connectivity index (χ3v) is 14.4. The van der Waals surface area contributed by atoms with Crippen LogP contribution in [0.25, 0.3) is 0 Å². The summed E-state index contributed by atoms with van der Waals surface area (Å²) in [6.45, 7) is 8.15. The standard InChI is InChI=1S/C32H45F3O4S/c1-20(36)18-28(40(38,39)23-8-6-5-7-9-23)21(2)25-12-13-26-24-11-10-22-19-31(37,32(33,34)35)17-16-29(22,3)27(24)14-15-30(25,26)4/h5-10,20-21,24-28,36-37H,11-19H2,1-4H3/t20-,21+,24?,25?,26?,27?,28?,29?,30?,31?/m1/s1. The molecule has 0 aliphatic heterocycles. The molecule has 1 aromatic rings. The second kappa shape index (κ2) is 10.1. The Morgan fingerprint density at radius 2 is 1.68 bits per heavy atom. The minimum absolute atomic E-state index is 0.0627. The predicted molar refractivity (Wildman–Crippen MR) is 149 cm³/mol. The Morgan fingerprint density at radius 1 is 1.00 bits per heavy atom. The summed E-state index contributed by atoms with van der Waals surface area (Å²) in [6.07, 6.45) is 1.06. The average Bonchev–Trinajstić information content (AvgIpc) is 3.24. The zero-order chi connectivity index (χ0) is 29.3. The fourth-order valence-electron chi connectivity index (χ4n) is 9.80. The van der Waals surface area contributed by atoms with Crippen molar-refractivity contribution in [2.24, 2.45) is 40.4 Å². The van der Waals surface area contributed by atoms with Gasteiger partial charge in [0, 0.05) is 6.42 Å². The lowest BCUT2D eigenvalue weighted by atomic mass is 9.46. The van der Waals surface area contributed by atoms with Crippen molar-refractivity contribution in [2.75, 3.05) is 0 Å². The zero-order valence-corrected chi connectivity index (χ0v) is 24.9. The molecule has 0 spiro atoms. The molecule has 4 aliphatic rings. The van der Waals surface area contributed by atoms with Crippen molar-refractivity contribution in [3.05, 3.63) is 42.0 Å². The molecule has 0 saturated heterocycles. The molecule has 10 atom stereocenters. The topological polar surface area (TPSA) is 74.6 Å². The highest BCUT2D eigenvalue weighted by Gasteiger charge is 2.64. The van der Waals surface area contributed by atoms with E-state index >= 15 is 0 Å². The summed E-state index contributed by atoms with van der Waals surface area (Å²) in [5.41, 5.74) is -2.26. The highest BCUT2D eigenvalue weighted by atomic mass is 32.2. The normalized spacial score (nSPS) is 40.3. The molecule has 4 nitrogen and oxygen atoms in total. The average molecular weight is 583 g/mol. The van der Waals surface area contributed by atoms with E-state index < -0.39 is 33.0 Å². The van der Waals surface area contributed by atoms with Crippen molar-refractivity contribution in [1.29, 1.82) is 0 Å². The van der Waals surface area contributed by atoms with Crippen molar-refractivity contribution >= 4 is 9.84 Å². The number of alkyl halides is 3. The van der Waals surface area contributed by atoms with Gasteiger partial charge in [0.2, 0.25) is 0 Å². The first kappa shape index (κ1) is 30.1. The summed E-state index contributed by atoms with van der Waals surface area (Å²) in [4.78, 5) is 0.296. The molecule has 5 rings (SSSR count). The van der Waals surface area contributed by atoms with Crippen LogP contribution in [0.4, 0.5) is 13.2 Å². The molecule has 40 heavy (non-hydrogen) atoms. The van der Waals surface area contributed by atoms with Crippen molar-refractivity contribution < 1.29 is 31.8 Å². The highest BCUT2D eigenvalue weighted by molar-refractivity contribution is 7.92. The maximum absolute atomic E-state index is 13.9. The maximum Gasteiger partial charge on any atom is 0.417 e. The van der Waals surface area contributed by atoms with E-state index in [0.29, 0.717) is 23.2 Å². The number of aliphatic hydroxyl groups excluding tert-OH is 1. The van der Waals surface area contributed by atoms with E-state index in [1.54, 1.807) is 37.3 Å². The Kier molecular flexibility index (Phi) is 7.61. The highest BCUT2D eigenvalue weighted by Crippen LogP contribution is 2.68. The largest absolute Gasteiger partial charge is 0.417 e. The third kappa shape index (κ3) is 4.68. The van der Waals surface area contributed by atoms with Gasteiger partial charge in [0.25, 0.3) is 0 Å². The van der Waals surface area contributed by atoms with Crippen LogP contribution >= 0.6 is 0 Å². The number of benzene rings is 1. The number of hydrogen-bond donors (Lipinski definition) is 2. The van der Waals surface area contributed by atoms with Crippen LogP contribution in [0.5, 0.6) is 0 Å². The Morgan fingerprint density at radius 3 is 2.30 bits per heavy atom. The summed E-state index contributed by atoms with van der Waals surface area (Å²) in [5.74, 6) is 1.04. The summed E-state index contributed by atoms with van der Waals surface area (Å²) < 4.78 is 68.8. The fraction of sp³-hybridized carbons (Fsp3) is 0.750. The van der Waals surface area contributed by atoms with Gasteiger partial charge in [-0.15, -0.1) is 0 Å². The molecule has 224 valence electrons. The van der Waals surface area contributed by atoms with Gasteiger partial charge in [-0.2, -0.15) is 13.2 Å². The van der Waals surface area contributed by atoms with Crippen LogP contribution < -0.4 is 0 Å². The van der Waals surface area contributed by atoms with Crippen molar-refractivity contribution in [3.63, 3.8) is 0 Å². The molecule has 3 fully saturated rings. The number of hydrogen-bond acceptors (Lipinski definition) is 4. The number of rotatable bonds is 6. The molecule has 4 aliphatic carbocycles. The van der Waals surface area contributed by atoms with E-state index in [1.165, 1.54) is 0 Å². The van der Waals surface area contributed by atoms with Gasteiger partial charge < -0.3 is 10.2 Å². The smallest absolute Gasteiger partial charge is 0.393 e. The lowest BCUT2D eigenvalue weighted by molar-refractivity contribution is -0.271. The molecule has 3 saturated carbocycles. The van der Waals surface area contributed by atoms with Crippen LogP contribution in [-0.4, -0.2) is 41.8 Å². The van der Waals surface area contributed by atoms with Gasteiger partial charge in [-0.1, -0.05) is 50.6 Å². The minimum atomic E-state index is -4.63. The number of aliphatic hydroxyl groups is 2. The first-order chi connectivity index (χ1) is 18.5. The molecular weight excluding hydrogens is 537 g/mol. The lowest BCUT2D eigenvalue weighted by Crippen LogP contribution is -2.56. The Labute approximate surface area is 237 Å². The van der Waals surface area contributed by atoms with E-state index in [2.05, 4.69) is 20.8 Å². The molecule has 8 heteroatoms. The molecule has 0 bridgehead atoms. The van der Waals surface area contributed by atoms with E-state index in [9.17, 15) is 31.8 Å². The zero-order valence-electron chi connectivity index (χ0n) is 24.1. The van der Waals surface area contributed by atoms with Crippen LogP contribution in [0.3, 0.4) is 0 Å². The van der Waals surface area contributed by atoms with Gasteiger partial charge in [-0.3, -0.25) is 0 Å². The van der Waals surface area contributed by atoms with E-state index in [0.717, 1.165) is 37.7 Å². The van der Waals surface area contributed by atoms with Crippen LogP contribution in [0.1, 0.15) is 85.5 Å². The maximum atomic E-state index is 13.9. The number of fused-ring (bicyclic) bond motifs is 5. The number of halogens is 3. The van der Waals surface area contributed by atoms with Gasteiger partial charge >= 0.3 is 6.18 Å². The summed E-state index contributed by atoms with van der Waals surface area (Å²) in [6, 6.07) is 8.54. The molecule has 0 radical (unpaired) electrons. The van der Waals surface area contributed by atoms with E-state index in [4.69, 9.17) is 0 Å². The summed E-state index contributed by atoms with van der Waals surface area (Å²) in [7, 11) is -3.65. The Hall–Kier alpha value is -1.38. The van der Waals surface area contributed by atoms with E-state index in [1.807, 2.05) is 6.08 Å². The minimum Gasteiger partial charge on any atom is -0.393 e. The molecule has 8 unspecified atom stereocenters. The fourth-order valence-corrected chi connectivity index (χ4v) is 12.0. The molecule has 0 amide bonds. The molecule has 0 aromatic heterocycles. The SMILES string of the molecule is C[C@@H](C1CCC2C3CC=C4CC(O)(C(F)(F)F)CCC4(C)C3CCC21C)C(C[C@@H](C)O)S(=O)(=O)c1ccccc1. The first-order valence-electron chi connectivity index (χ1n) is 15.0. The second-order valence-corrected chi connectivity index (χ2v) is 16.2. The van der Waals surface area contributed by atoms with Gasteiger partial charge in [0.1, 0.15) is 0 Å². The van der Waals surface area contributed by atoms with Gasteiger partial charge in [-0.25, -0.2) is 8.42 Å². The van der Waals surface area contributed by atoms with E-state index in [-0.39, 0.29) is 47.8 Å². The predicted octanol–water partition coefficient (Wildman–Crippen LogP) is 7.11. The van der Waals surface area contributed by atoms with Crippen LogP contribution in [0, 0.1) is 40.4 Å². The first-order valence-corrected chi connectivity index (χ1v) is 16.5. The molecule has 2 N–H and O–H groups in total. The van der Waals surface area contributed by atoms with Gasteiger partial charge in [0.05, 0.1) is 16.2 Å². The number of allylic oxidation sites excluding steroid dienone is 1. The van der Waals surface area contributed by atoms with Crippen molar-refractivity contribution in [2.45, 2.75) is 114 Å². The Balaban J connectivity index is 1.42. The molecule has 1 aromatic carbocycles. The van der Waals surface area contributed by atoms with Gasteiger partial charge in [0.15, 0.2) is 15.4 Å². The summed E-state index contributed by atoms with van der Waals surface area (Å²) in [5, 5.41) is 20.1. The van der Waals surface area contributed by atoms with Gasteiger partial charge in [-0.05, 0) is 111 Å². The molecule has 0 heterocycles. The molecular formula is C32H45F3O4S. The monoisotopic (exact) mass is 582 g/mol. The quantitative estimate of drug-likeness (QED) is 0.351. The Bertz CT molecular complexity index is 1230. The van der Waals surface area contributed by atoms with Crippen LogP contribution in [0.15, 0.2) is 46.9 Å². The second-order valence-electron chi connectivity index (χ2n) is 14.0. The number of sulfone groups is 1. The van der Waals surface area contributed by atoms with Crippen LogP contribution in [0.2, 0.25) is 0 Å². The van der Waals surface area contributed by atoms with Crippen molar-refractivity contribution in [1.82, 2.24) is 0 Å². The van der Waals surface area contributed by atoms with Crippen LogP contribution in [-0.2, 0) is 9.84 Å². The lowest BCUT2D eigenvalue weighted by Gasteiger charge is -2.59.